The zero-order chi connectivity index (χ0) is 19.4. The van der Waals surface area contributed by atoms with Gasteiger partial charge in [-0.1, -0.05) is 30.3 Å². The lowest BCUT2D eigenvalue weighted by atomic mass is 10.2. The molecular weight excluding hydrogens is 346 g/mol. The van der Waals surface area contributed by atoms with Crippen molar-refractivity contribution in [2.75, 3.05) is 0 Å². The van der Waals surface area contributed by atoms with E-state index in [-0.39, 0.29) is 11.4 Å². The fourth-order valence-corrected chi connectivity index (χ4v) is 2.50. The van der Waals surface area contributed by atoms with Crippen molar-refractivity contribution in [2.45, 2.75) is 6.61 Å². The normalized spacial score (nSPS) is 10.3. The van der Waals surface area contributed by atoms with Gasteiger partial charge in [0.15, 0.2) is 5.56 Å². The molecule has 7 heteroatoms. The Morgan fingerprint density at radius 1 is 0.926 bits per heavy atom. The highest BCUT2D eigenvalue weighted by Crippen LogP contribution is 2.24. The minimum absolute atomic E-state index is 0.0939. The van der Waals surface area contributed by atoms with E-state index in [0.29, 0.717) is 18.1 Å². The molecule has 0 aliphatic rings. The van der Waals surface area contributed by atoms with Gasteiger partial charge in [-0.05, 0) is 29.8 Å². The number of aromatic nitrogens is 2. The van der Waals surface area contributed by atoms with Crippen LogP contribution in [0.1, 0.15) is 11.1 Å². The fraction of sp³-hybridized carbons (Fsp3) is 0.150. The molecule has 0 N–H and O–H groups in total. The van der Waals surface area contributed by atoms with Crippen LogP contribution >= 0.6 is 0 Å². The summed E-state index contributed by atoms with van der Waals surface area (Å²) in [5, 5.41) is 9.26. The molecule has 7 nitrogen and oxygen atoms in total. The van der Waals surface area contributed by atoms with Gasteiger partial charge in [-0.25, -0.2) is 4.79 Å². The maximum Gasteiger partial charge on any atom is 0.333 e. The second-order valence-corrected chi connectivity index (χ2v) is 5.85. The van der Waals surface area contributed by atoms with Crippen molar-refractivity contribution in [3.05, 3.63) is 86.6 Å². The highest BCUT2D eigenvalue weighted by atomic mass is 16.5. The van der Waals surface area contributed by atoms with Gasteiger partial charge in [0.1, 0.15) is 24.2 Å². The van der Waals surface area contributed by atoms with Crippen LogP contribution in [0.25, 0.3) is 0 Å². The van der Waals surface area contributed by atoms with Crippen molar-refractivity contribution in [3.63, 3.8) is 0 Å². The number of hydrogen-bond acceptors (Lipinski definition) is 5. The summed E-state index contributed by atoms with van der Waals surface area (Å²) >= 11 is 0. The largest absolute Gasteiger partial charge is 0.489 e. The van der Waals surface area contributed by atoms with E-state index in [1.807, 2.05) is 30.3 Å². The molecule has 0 atom stereocenters. The van der Waals surface area contributed by atoms with Gasteiger partial charge in [-0.15, -0.1) is 0 Å². The van der Waals surface area contributed by atoms with Crippen LogP contribution in [0.3, 0.4) is 0 Å². The van der Waals surface area contributed by atoms with E-state index in [4.69, 9.17) is 9.47 Å². The van der Waals surface area contributed by atoms with Gasteiger partial charge < -0.3 is 9.47 Å². The first-order valence-corrected chi connectivity index (χ1v) is 8.16. The van der Waals surface area contributed by atoms with E-state index in [9.17, 15) is 14.9 Å². The number of ether oxygens (including phenoxy) is 2. The van der Waals surface area contributed by atoms with E-state index in [0.717, 1.165) is 14.7 Å². The summed E-state index contributed by atoms with van der Waals surface area (Å²) in [5.41, 5.74) is -0.453. The topological polar surface area (TPSA) is 86.2 Å². The van der Waals surface area contributed by atoms with Crippen molar-refractivity contribution in [3.8, 4) is 23.4 Å². The third-order valence-electron chi connectivity index (χ3n) is 4.01. The molecule has 136 valence electrons. The highest BCUT2D eigenvalue weighted by molar-refractivity contribution is 5.40. The van der Waals surface area contributed by atoms with Crippen LogP contribution in [-0.2, 0) is 20.7 Å². The standard InChI is InChI=1S/C20H17N3O4/c1-22-18(24)17(12-21)19(23(2)20(22)25)27-16-10-8-15(9-11-16)26-13-14-6-4-3-5-7-14/h3-11H,13H2,1-2H3. The number of nitriles is 1. The lowest BCUT2D eigenvalue weighted by molar-refractivity contribution is 0.305. The third-order valence-corrected chi connectivity index (χ3v) is 4.01. The van der Waals surface area contributed by atoms with E-state index < -0.39 is 11.2 Å². The summed E-state index contributed by atoms with van der Waals surface area (Å²) in [7, 11) is 2.75. The van der Waals surface area contributed by atoms with E-state index in [1.54, 1.807) is 30.3 Å². The average molecular weight is 363 g/mol. The molecule has 0 unspecified atom stereocenters. The predicted octanol–water partition coefficient (Wildman–Crippen LogP) is 2.33. The van der Waals surface area contributed by atoms with Gasteiger partial charge in [-0.2, -0.15) is 5.26 Å². The Bertz CT molecular complexity index is 1110. The second kappa shape index (κ2) is 7.62. The molecule has 0 aliphatic carbocycles. The molecule has 3 rings (SSSR count). The molecule has 0 fully saturated rings. The highest BCUT2D eigenvalue weighted by Gasteiger charge is 2.17. The molecule has 1 heterocycles. The summed E-state index contributed by atoms with van der Waals surface area (Å²) in [5.74, 6) is 0.926. The first kappa shape index (κ1) is 18.0. The maximum absolute atomic E-state index is 12.1. The Balaban J connectivity index is 1.81. The Morgan fingerprint density at radius 2 is 1.56 bits per heavy atom. The lowest BCUT2D eigenvalue weighted by Crippen LogP contribution is -2.38. The zero-order valence-electron chi connectivity index (χ0n) is 14.9. The molecule has 27 heavy (non-hydrogen) atoms. The molecular formula is C20H17N3O4. The number of nitrogens with zero attached hydrogens (tertiary/aromatic N) is 3. The lowest BCUT2D eigenvalue weighted by Gasteiger charge is -2.13. The van der Waals surface area contributed by atoms with E-state index in [1.165, 1.54) is 14.1 Å². The molecule has 2 aromatic carbocycles. The van der Waals surface area contributed by atoms with E-state index >= 15 is 0 Å². The average Bonchev–Trinajstić information content (AvgIpc) is 2.71. The van der Waals surface area contributed by atoms with Crippen LogP contribution in [0.2, 0.25) is 0 Å². The van der Waals surface area contributed by atoms with Crippen molar-refractivity contribution < 1.29 is 9.47 Å². The van der Waals surface area contributed by atoms with Crippen LogP contribution in [0.15, 0.2) is 64.2 Å². The minimum Gasteiger partial charge on any atom is -0.489 e. The van der Waals surface area contributed by atoms with Gasteiger partial charge in [-0.3, -0.25) is 13.9 Å². The molecule has 0 bridgehead atoms. The molecule has 0 amide bonds. The smallest absolute Gasteiger partial charge is 0.333 e. The summed E-state index contributed by atoms with van der Waals surface area (Å²) in [6.07, 6.45) is 0. The summed E-state index contributed by atoms with van der Waals surface area (Å²) < 4.78 is 13.3. The third kappa shape index (κ3) is 3.75. The minimum atomic E-state index is -0.696. The SMILES string of the molecule is Cn1c(Oc2ccc(OCc3ccccc3)cc2)c(C#N)c(=O)n(C)c1=O. The quantitative estimate of drug-likeness (QED) is 0.694. The Hall–Kier alpha value is -3.79. The van der Waals surface area contributed by atoms with Crippen molar-refractivity contribution in [1.82, 2.24) is 9.13 Å². The number of hydrogen-bond donors (Lipinski definition) is 0. The Kier molecular flexibility index (Phi) is 5.08. The first-order chi connectivity index (χ1) is 13.0. The molecule has 0 spiro atoms. The van der Waals surface area contributed by atoms with Crippen molar-refractivity contribution in [1.29, 1.82) is 5.26 Å². The Morgan fingerprint density at radius 3 is 2.19 bits per heavy atom. The fourth-order valence-electron chi connectivity index (χ4n) is 2.50. The van der Waals surface area contributed by atoms with Gasteiger partial charge in [0.2, 0.25) is 5.88 Å². The maximum atomic E-state index is 12.1. The van der Waals surface area contributed by atoms with Gasteiger partial charge in [0, 0.05) is 14.1 Å². The van der Waals surface area contributed by atoms with Crippen LogP contribution in [0, 0.1) is 11.3 Å². The molecule has 0 aliphatic heterocycles. The van der Waals surface area contributed by atoms with Gasteiger partial charge in [0.05, 0.1) is 0 Å². The molecule has 0 saturated carbocycles. The van der Waals surface area contributed by atoms with Gasteiger partial charge >= 0.3 is 5.69 Å². The van der Waals surface area contributed by atoms with Crippen LogP contribution < -0.4 is 20.7 Å². The monoisotopic (exact) mass is 363 g/mol. The zero-order valence-corrected chi connectivity index (χ0v) is 14.9. The second-order valence-electron chi connectivity index (χ2n) is 5.85. The van der Waals surface area contributed by atoms with Gasteiger partial charge in [0.25, 0.3) is 5.56 Å². The van der Waals surface area contributed by atoms with E-state index in [2.05, 4.69) is 0 Å². The molecule has 0 saturated heterocycles. The molecule has 0 radical (unpaired) electrons. The van der Waals surface area contributed by atoms with Crippen molar-refractivity contribution >= 4 is 0 Å². The van der Waals surface area contributed by atoms with Crippen LogP contribution in [0.4, 0.5) is 0 Å². The molecule has 3 aromatic rings. The summed E-state index contributed by atoms with van der Waals surface area (Å²) in [6.45, 7) is 0.433. The molecule has 1 aromatic heterocycles. The summed E-state index contributed by atoms with van der Waals surface area (Å²) in [4.78, 5) is 24.1. The number of benzene rings is 2. The van der Waals surface area contributed by atoms with Crippen molar-refractivity contribution in [2.24, 2.45) is 14.1 Å². The van der Waals surface area contributed by atoms with Crippen LogP contribution in [0.5, 0.6) is 17.4 Å². The van der Waals surface area contributed by atoms with Crippen LogP contribution in [-0.4, -0.2) is 9.13 Å². The predicted molar refractivity (Wildman–Crippen MR) is 98.9 cm³/mol. The Labute approximate surface area is 155 Å². The number of rotatable bonds is 5. The first-order valence-electron chi connectivity index (χ1n) is 8.16. The summed E-state index contributed by atoms with van der Waals surface area (Å²) in [6, 6.07) is 18.3.